The molecular weight excluding hydrogens is 290 g/mol. The minimum atomic E-state index is -0.994. The Bertz CT molecular complexity index is 873. The van der Waals surface area contributed by atoms with Gasteiger partial charge in [-0.3, -0.25) is 4.98 Å². The first kappa shape index (κ1) is 15.0. The van der Waals surface area contributed by atoms with Crippen molar-refractivity contribution in [1.82, 2.24) is 4.98 Å². The molecule has 0 bridgehead atoms. The summed E-state index contributed by atoms with van der Waals surface area (Å²) in [6, 6.07) is 15.7. The Kier molecular flexibility index (Phi) is 3.98. The Balaban J connectivity index is 2.06. The topological polar surface area (TPSA) is 59.4 Å². The lowest BCUT2D eigenvalue weighted by Crippen LogP contribution is -2.22. The van der Waals surface area contributed by atoms with Crippen LogP contribution in [0.15, 0.2) is 54.7 Å². The van der Waals surface area contributed by atoms with Crippen LogP contribution in [0.3, 0.4) is 0 Å². The van der Waals surface area contributed by atoms with Gasteiger partial charge in [0, 0.05) is 17.6 Å². The van der Waals surface area contributed by atoms with Crippen LogP contribution in [0.5, 0.6) is 5.75 Å². The highest BCUT2D eigenvalue weighted by Gasteiger charge is 2.13. The second-order valence-corrected chi connectivity index (χ2v) is 5.45. The van der Waals surface area contributed by atoms with E-state index in [1.807, 2.05) is 24.3 Å². The SMILES string of the molecule is Cc1ccccc1-c1ccnc2cc(OC(C)C(=O)O)ccc12. The summed E-state index contributed by atoms with van der Waals surface area (Å²) in [5.41, 5.74) is 4.24. The van der Waals surface area contributed by atoms with Crippen LogP contribution in [0.1, 0.15) is 12.5 Å². The summed E-state index contributed by atoms with van der Waals surface area (Å²) in [7, 11) is 0. The van der Waals surface area contributed by atoms with Crippen molar-refractivity contribution in [3.05, 3.63) is 60.3 Å². The second-order valence-electron chi connectivity index (χ2n) is 5.45. The summed E-state index contributed by atoms with van der Waals surface area (Å²) in [6.07, 6.45) is 0.862. The van der Waals surface area contributed by atoms with Crippen molar-refractivity contribution < 1.29 is 14.6 Å². The van der Waals surface area contributed by atoms with E-state index in [9.17, 15) is 4.79 Å². The third-order valence-corrected chi connectivity index (χ3v) is 3.81. The molecule has 23 heavy (non-hydrogen) atoms. The molecule has 2 aromatic carbocycles. The fourth-order valence-corrected chi connectivity index (χ4v) is 2.57. The number of aromatic nitrogens is 1. The van der Waals surface area contributed by atoms with Gasteiger partial charge in [-0.25, -0.2) is 4.79 Å². The van der Waals surface area contributed by atoms with Gasteiger partial charge in [0.25, 0.3) is 0 Å². The molecule has 0 amide bonds. The van der Waals surface area contributed by atoms with Crippen molar-refractivity contribution in [3.63, 3.8) is 0 Å². The van der Waals surface area contributed by atoms with E-state index in [4.69, 9.17) is 9.84 Å². The quantitative estimate of drug-likeness (QED) is 0.789. The molecule has 0 aliphatic rings. The molecule has 1 aromatic heterocycles. The van der Waals surface area contributed by atoms with Crippen LogP contribution >= 0.6 is 0 Å². The smallest absolute Gasteiger partial charge is 0.344 e. The molecule has 0 spiro atoms. The maximum absolute atomic E-state index is 10.9. The molecule has 1 N–H and O–H groups in total. The van der Waals surface area contributed by atoms with E-state index in [1.54, 1.807) is 18.3 Å². The summed E-state index contributed by atoms with van der Waals surface area (Å²) < 4.78 is 5.41. The normalized spacial score (nSPS) is 12.1. The van der Waals surface area contributed by atoms with E-state index >= 15 is 0 Å². The number of aliphatic carboxylic acids is 1. The van der Waals surface area contributed by atoms with Crippen molar-refractivity contribution in [3.8, 4) is 16.9 Å². The van der Waals surface area contributed by atoms with Gasteiger partial charge in [0.2, 0.25) is 0 Å². The van der Waals surface area contributed by atoms with E-state index in [1.165, 1.54) is 12.5 Å². The monoisotopic (exact) mass is 307 g/mol. The number of fused-ring (bicyclic) bond motifs is 1. The standard InChI is InChI=1S/C19H17NO3/c1-12-5-3-4-6-15(12)16-9-10-20-18-11-14(7-8-17(16)18)23-13(2)19(21)22/h3-11,13H,1-2H3,(H,21,22). The van der Waals surface area contributed by atoms with Crippen LogP contribution in [-0.4, -0.2) is 22.2 Å². The van der Waals surface area contributed by atoms with E-state index < -0.39 is 12.1 Å². The Morgan fingerprint density at radius 2 is 1.91 bits per heavy atom. The van der Waals surface area contributed by atoms with Crippen molar-refractivity contribution in [2.24, 2.45) is 0 Å². The van der Waals surface area contributed by atoms with E-state index in [-0.39, 0.29) is 0 Å². The van der Waals surface area contributed by atoms with Crippen LogP contribution in [0.25, 0.3) is 22.0 Å². The maximum Gasteiger partial charge on any atom is 0.344 e. The Morgan fingerprint density at radius 3 is 2.65 bits per heavy atom. The first-order chi connectivity index (χ1) is 11.1. The summed E-state index contributed by atoms with van der Waals surface area (Å²) in [4.78, 5) is 15.3. The number of rotatable bonds is 4. The van der Waals surface area contributed by atoms with Crippen LogP contribution < -0.4 is 4.74 Å². The van der Waals surface area contributed by atoms with Gasteiger partial charge < -0.3 is 9.84 Å². The van der Waals surface area contributed by atoms with E-state index in [2.05, 4.69) is 24.0 Å². The Labute approximate surface area is 134 Å². The highest BCUT2D eigenvalue weighted by atomic mass is 16.5. The number of pyridine rings is 1. The number of nitrogens with zero attached hydrogens (tertiary/aromatic N) is 1. The molecule has 0 saturated carbocycles. The first-order valence-corrected chi connectivity index (χ1v) is 7.40. The number of hydrogen-bond donors (Lipinski definition) is 1. The predicted octanol–water partition coefficient (Wildman–Crippen LogP) is 4.06. The third kappa shape index (κ3) is 3.01. The largest absolute Gasteiger partial charge is 0.479 e. The maximum atomic E-state index is 10.9. The summed E-state index contributed by atoms with van der Waals surface area (Å²) in [5, 5.41) is 9.95. The average Bonchev–Trinajstić information content (AvgIpc) is 2.54. The molecule has 4 heteroatoms. The van der Waals surface area contributed by atoms with Crippen molar-refractivity contribution in [2.45, 2.75) is 20.0 Å². The molecule has 3 rings (SSSR count). The molecule has 0 aliphatic carbocycles. The Hall–Kier alpha value is -2.88. The number of carboxylic acid groups (broad SMARTS) is 1. The molecule has 116 valence electrons. The third-order valence-electron chi connectivity index (χ3n) is 3.81. The molecule has 1 atom stereocenters. The van der Waals surface area contributed by atoms with Crippen molar-refractivity contribution in [1.29, 1.82) is 0 Å². The molecule has 1 heterocycles. The molecule has 4 nitrogen and oxygen atoms in total. The zero-order chi connectivity index (χ0) is 16.4. The van der Waals surface area contributed by atoms with Crippen LogP contribution in [0.2, 0.25) is 0 Å². The average molecular weight is 307 g/mol. The van der Waals surface area contributed by atoms with E-state index in [0.29, 0.717) is 5.75 Å². The second kappa shape index (κ2) is 6.08. The van der Waals surface area contributed by atoms with Gasteiger partial charge in [0.05, 0.1) is 5.52 Å². The summed E-state index contributed by atoms with van der Waals surface area (Å²) in [6.45, 7) is 3.58. The van der Waals surface area contributed by atoms with Gasteiger partial charge in [-0.1, -0.05) is 24.3 Å². The molecule has 0 aliphatic heterocycles. The molecule has 0 saturated heterocycles. The highest BCUT2D eigenvalue weighted by molar-refractivity contribution is 5.95. The first-order valence-electron chi connectivity index (χ1n) is 7.40. The van der Waals surface area contributed by atoms with Crippen LogP contribution in [0.4, 0.5) is 0 Å². The van der Waals surface area contributed by atoms with Gasteiger partial charge in [-0.2, -0.15) is 0 Å². The molecule has 0 radical (unpaired) electrons. The minimum Gasteiger partial charge on any atom is -0.479 e. The number of aryl methyl sites for hydroxylation is 1. The number of hydrogen-bond acceptors (Lipinski definition) is 3. The lowest BCUT2D eigenvalue weighted by Gasteiger charge is -2.13. The number of benzene rings is 2. The number of ether oxygens (including phenoxy) is 1. The van der Waals surface area contributed by atoms with Crippen molar-refractivity contribution >= 4 is 16.9 Å². The van der Waals surface area contributed by atoms with Crippen LogP contribution in [0, 0.1) is 6.92 Å². The van der Waals surface area contributed by atoms with Crippen LogP contribution in [-0.2, 0) is 4.79 Å². The van der Waals surface area contributed by atoms with Gasteiger partial charge in [0.1, 0.15) is 5.75 Å². The fraction of sp³-hybridized carbons (Fsp3) is 0.158. The van der Waals surface area contributed by atoms with Gasteiger partial charge in [-0.15, -0.1) is 0 Å². The minimum absolute atomic E-state index is 0.502. The zero-order valence-corrected chi connectivity index (χ0v) is 13.0. The zero-order valence-electron chi connectivity index (χ0n) is 13.0. The van der Waals surface area contributed by atoms with Crippen molar-refractivity contribution in [2.75, 3.05) is 0 Å². The lowest BCUT2D eigenvalue weighted by atomic mass is 9.97. The molecular formula is C19H17NO3. The summed E-state index contributed by atoms with van der Waals surface area (Å²) >= 11 is 0. The van der Waals surface area contributed by atoms with E-state index in [0.717, 1.165) is 22.0 Å². The van der Waals surface area contributed by atoms with Gasteiger partial charge >= 0.3 is 5.97 Å². The molecule has 3 aromatic rings. The number of carbonyl (C=O) groups is 1. The molecule has 0 fully saturated rings. The van der Waals surface area contributed by atoms with Gasteiger partial charge in [0.15, 0.2) is 6.10 Å². The number of carboxylic acids is 1. The van der Waals surface area contributed by atoms with Gasteiger partial charge in [-0.05, 0) is 48.7 Å². The Morgan fingerprint density at radius 1 is 1.13 bits per heavy atom. The lowest BCUT2D eigenvalue weighted by molar-refractivity contribution is -0.144. The predicted molar refractivity (Wildman–Crippen MR) is 89.6 cm³/mol. The highest BCUT2D eigenvalue weighted by Crippen LogP contribution is 2.31. The molecule has 1 unspecified atom stereocenters. The fourth-order valence-electron chi connectivity index (χ4n) is 2.57. The summed E-state index contributed by atoms with van der Waals surface area (Å²) in [5.74, 6) is -0.492.